The highest BCUT2D eigenvalue weighted by Crippen LogP contribution is 2.27. The third-order valence-corrected chi connectivity index (χ3v) is 3.90. The molecule has 0 aliphatic carbocycles. The van der Waals surface area contributed by atoms with E-state index in [4.69, 9.17) is 9.15 Å². The van der Waals surface area contributed by atoms with Gasteiger partial charge >= 0.3 is 6.61 Å². The lowest BCUT2D eigenvalue weighted by Gasteiger charge is -2.33. The molecule has 5 nitrogen and oxygen atoms in total. The number of ether oxygens (including phenoxy) is 2. The van der Waals surface area contributed by atoms with Gasteiger partial charge in [-0.25, -0.2) is 0 Å². The van der Waals surface area contributed by atoms with E-state index in [2.05, 4.69) is 4.74 Å². The number of hydrogen-bond donors (Lipinski definition) is 0. The molecule has 0 bridgehead atoms. The van der Waals surface area contributed by atoms with E-state index in [-0.39, 0.29) is 11.7 Å². The molecule has 2 heterocycles. The fourth-order valence-electron chi connectivity index (χ4n) is 2.70. The van der Waals surface area contributed by atoms with Crippen LogP contribution in [-0.2, 0) is 4.74 Å². The van der Waals surface area contributed by atoms with Crippen molar-refractivity contribution < 1.29 is 27.5 Å². The van der Waals surface area contributed by atoms with E-state index in [1.807, 2.05) is 0 Å². The van der Waals surface area contributed by atoms with Crippen molar-refractivity contribution in [1.29, 1.82) is 0 Å². The summed E-state index contributed by atoms with van der Waals surface area (Å²) in [5.74, 6) is 0.505. The van der Waals surface area contributed by atoms with Crippen LogP contribution in [0.25, 0.3) is 0 Å². The van der Waals surface area contributed by atoms with Crippen LogP contribution in [0.3, 0.4) is 0 Å². The topological polar surface area (TPSA) is 51.9 Å². The van der Waals surface area contributed by atoms with Gasteiger partial charge in [0.05, 0.1) is 25.0 Å². The van der Waals surface area contributed by atoms with Crippen molar-refractivity contribution in [2.45, 2.75) is 19.6 Å². The van der Waals surface area contributed by atoms with Gasteiger partial charge < -0.3 is 18.8 Å². The third kappa shape index (κ3) is 3.56. The molecule has 1 amide bonds. The number of nitrogens with zero attached hydrogens (tertiary/aromatic N) is 1. The smallest absolute Gasteiger partial charge is 0.387 e. The number of carbonyl (C=O) groups excluding carboxylic acids is 1. The molecule has 2 aromatic rings. The van der Waals surface area contributed by atoms with Crippen molar-refractivity contribution in [3.63, 3.8) is 0 Å². The number of alkyl halides is 2. The molecule has 1 aromatic carbocycles. The number of hydrogen-bond acceptors (Lipinski definition) is 4. The molecular formula is C17H17F2NO4. The summed E-state index contributed by atoms with van der Waals surface area (Å²) in [6, 6.07) is 7.99. The van der Waals surface area contributed by atoms with E-state index in [1.54, 1.807) is 30.0 Å². The van der Waals surface area contributed by atoms with Gasteiger partial charge in [0.25, 0.3) is 5.91 Å². The Kier molecular flexibility index (Phi) is 4.80. The van der Waals surface area contributed by atoms with Crippen molar-refractivity contribution in [2.24, 2.45) is 0 Å². The van der Waals surface area contributed by atoms with Gasteiger partial charge in [0.15, 0.2) is 0 Å². The lowest BCUT2D eigenvalue weighted by molar-refractivity contribution is -0.0504. The Balaban J connectivity index is 1.74. The zero-order valence-electron chi connectivity index (χ0n) is 13.1. The molecule has 0 spiro atoms. The standard InChI is InChI=1S/C17H17F2NO4/c1-11-14(5-7-22-11)16(21)20-6-8-23-15(10-20)12-3-2-4-13(9-12)24-17(18)19/h2-5,7,9,15,17H,6,8,10H2,1H3/t15-/m1/s1. The second-order valence-corrected chi connectivity index (χ2v) is 5.45. The zero-order valence-corrected chi connectivity index (χ0v) is 13.1. The summed E-state index contributed by atoms with van der Waals surface area (Å²) < 4.78 is 40.0. The second kappa shape index (κ2) is 7.00. The highest BCUT2D eigenvalue weighted by atomic mass is 19.3. The van der Waals surface area contributed by atoms with E-state index in [9.17, 15) is 13.6 Å². The first-order chi connectivity index (χ1) is 11.5. The monoisotopic (exact) mass is 337 g/mol. The fraction of sp³-hybridized carbons (Fsp3) is 0.353. The number of furan rings is 1. The molecule has 0 saturated carbocycles. The van der Waals surface area contributed by atoms with Gasteiger partial charge in [-0.15, -0.1) is 0 Å². The minimum absolute atomic E-state index is 0.0697. The Morgan fingerprint density at radius 2 is 2.21 bits per heavy atom. The molecule has 1 aromatic heterocycles. The maximum Gasteiger partial charge on any atom is 0.387 e. The van der Waals surface area contributed by atoms with Crippen LogP contribution in [-0.4, -0.2) is 37.1 Å². The van der Waals surface area contributed by atoms with Crippen LogP contribution in [0.2, 0.25) is 0 Å². The van der Waals surface area contributed by atoms with Crippen LogP contribution >= 0.6 is 0 Å². The highest BCUT2D eigenvalue weighted by Gasteiger charge is 2.27. The largest absolute Gasteiger partial charge is 0.469 e. The highest BCUT2D eigenvalue weighted by molar-refractivity contribution is 5.95. The summed E-state index contributed by atoms with van der Waals surface area (Å²) in [5, 5.41) is 0. The number of benzene rings is 1. The Labute approximate surface area is 137 Å². The van der Waals surface area contributed by atoms with Crippen LogP contribution in [0.15, 0.2) is 41.0 Å². The average molecular weight is 337 g/mol. The second-order valence-electron chi connectivity index (χ2n) is 5.45. The summed E-state index contributed by atoms with van der Waals surface area (Å²) in [5.41, 5.74) is 1.21. The predicted octanol–water partition coefficient (Wildman–Crippen LogP) is 3.40. The van der Waals surface area contributed by atoms with Crippen LogP contribution in [0.5, 0.6) is 5.75 Å². The predicted molar refractivity (Wildman–Crippen MR) is 81.1 cm³/mol. The molecule has 0 N–H and O–H groups in total. The van der Waals surface area contributed by atoms with Crippen molar-refractivity contribution in [2.75, 3.05) is 19.7 Å². The molecule has 1 aliphatic heterocycles. The van der Waals surface area contributed by atoms with Gasteiger partial charge in [0.2, 0.25) is 0 Å². The van der Waals surface area contributed by atoms with E-state index in [0.29, 0.717) is 36.6 Å². The number of carbonyl (C=O) groups is 1. The molecular weight excluding hydrogens is 320 g/mol. The number of halogens is 2. The summed E-state index contributed by atoms with van der Waals surface area (Å²) in [4.78, 5) is 14.2. The van der Waals surface area contributed by atoms with Crippen LogP contribution in [0.4, 0.5) is 8.78 Å². The van der Waals surface area contributed by atoms with Crippen molar-refractivity contribution in [1.82, 2.24) is 4.90 Å². The van der Waals surface area contributed by atoms with Crippen LogP contribution < -0.4 is 4.74 Å². The number of rotatable bonds is 4. The molecule has 1 aliphatic rings. The SMILES string of the molecule is Cc1occc1C(=O)N1CCO[C@@H](c2cccc(OC(F)F)c2)C1. The van der Waals surface area contributed by atoms with Crippen LogP contribution in [0.1, 0.15) is 27.8 Å². The quantitative estimate of drug-likeness (QED) is 0.858. The molecule has 3 rings (SSSR count). The van der Waals surface area contributed by atoms with Gasteiger partial charge in [0.1, 0.15) is 17.6 Å². The first kappa shape index (κ1) is 16.4. The Bertz CT molecular complexity index is 716. The summed E-state index contributed by atoms with van der Waals surface area (Å²) in [7, 11) is 0. The lowest BCUT2D eigenvalue weighted by Crippen LogP contribution is -2.42. The zero-order chi connectivity index (χ0) is 17.1. The third-order valence-electron chi connectivity index (χ3n) is 3.90. The van der Waals surface area contributed by atoms with E-state index in [1.165, 1.54) is 18.4 Å². The van der Waals surface area contributed by atoms with E-state index in [0.717, 1.165) is 0 Å². The van der Waals surface area contributed by atoms with Gasteiger partial charge in [0, 0.05) is 6.54 Å². The Hall–Kier alpha value is -2.41. The lowest BCUT2D eigenvalue weighted by atomic mass is 10.1. The van der Waals surface area contributed by atoms with Gasteiger partial charge in [-0.2, -0.15) is 8.78 Å². The average Bonchev–Trinajstić information content (AvgIpc) is 3.00. The van der Waals surface area contributed by atoms with Gasteiger partial charge in [-0.3, -0.25) is 4.79 Å². The maximum atomic E-state index is 12.6. The van der Waals surface area contributed by atoms with Crippen molar-refractivity contribution in [3.05, 3.63) is 53.5 Å². The Morgan fingerprint density at radius 3 is 2.92 bits per heavy atom. The molecule has 0 radical (unpaired) electrons. The molecule has 7 heteroatoms. The van der Waals surface area contributed by atoms with Crippen LogP contribution in [0, 0.1) is 6.92 Å². The first-order valence-electron chi connectivity index (χ1n) is 7.54. The minimum atomic E-state index is -2.88. The van der Waals surface area contributed by atoms with Crippen molar-refractivity contribution >= 4 is 5.91 Å². The molecule has 1 fully saturated rings. The molecule has 1 atom stereocenters. The van der Waals surface area contributed by atoms with E-state index < -0.39 is 12.7 Å². The number of morpholine rings is 1. The van der Waals surface area contributed by atoms with Gasteiger partial charge in [-0.05, 0) is 30.7 Å². The first-order valence-corrected chi connectivity index (χ1v) is 7.54. The van der Waals surface area contributed by atoms with Crippen molar-refractivity contribution in [3.8, 4) is 5.75 Å². The number of aryl methyl sites for hydroxylation is 1. The Morgan fingerprint density at radius 1 is 1.38 bits per heavy atom. The van der Waals surface area contributed by atoms with Gasteiger partial charge in [-0.1, -0.05) is 12.1 Å². The minimum Gasteiger partial charge on any atom is -0.469 e. The summed E-state index contributed by atoms with van der Waals surface area (Å²) in [6.07, 6.45) is 1.09. The number of amides is 1. The molecule has 24 heavy (non-hydrogen) atoms. The molecule has 128 valence electrons. The maximum absolute atomic E-state index is 12.6. The molecule has 1 saturated heterocycles. The fourth-order valence-corrected chi connectivity index (χ4v) is 2.70. The molecule has 0 unspecified atom stereocenters. The summed E-state index contributed by atoms with van der Waals surface area (Å²) >= 11 is 0. The van der Waals surface area contributed by atoms with E-state index >= 15 is 0 Å². The summed E-state index contributed by atoms with van der Waals surface area (Å²) in [6.45, 7) is 0.0212. The normalized spacial score (nSPS) is 18.0.